The summed E-state index contributed by atoms with van der Waals surface area (Å²) in [5, 5.41) is 4.57. The van der Waals surface area contributed by atoms with E-state index in [0.717, 1.165) is 29.6 Å². The third kappa shape index (κ3) is 3.51. The van der Waals surface area contributed by atoms with E-state index in [2.05, 4.69) is 35.6 Å². The average molecular weight is 322 g/mol. The van der Waals surface area contributed by atoms with Crippen molar-refractivity contribution in [3.8, 4) is 11.5 Å². The number of hydrogen-bond acceptors (Lipinski definition) is 6. The van der Waals surface area contributed by atoms with Crippen molar-refractivity contribution in [3.63, 3.8) is 0 Å². The lowest BCUT2D eigenvalue weighted by Crippen LogP contribution is -2.17. The number of thiazole rings is 1. The maximum Gasteiger partial charge on any atom is 0.162 e. The van der Waals surface area contributed by atoms with Crippen LogP contribution in [0.25, 0.3) is 0 Å². The molecule has 0 atom stereocenters. The van der Waals surface area contributed by atoms with Gasteiger partial charge in [-0.3, -0.25) is 0 Å². The highest BCUT2D eigenvalue weighted by atomic mass is 32.2. The number of hydrogen-bond donors (Lipinski definition) is 1. The second-order valence-electron chi connectivity index (χ2n) is 4.78. The summed E-state index contributed by atoms with van der Waals surface area (Å²) < 4.78 is 11.3. The molecule has 0 saturated carbocycles. The zero-order valence-corrected chi connectivity index (χ0v) is 13.8. The number of thioether (sulfide) groups is 1. The van der Waals surface area contributed by atoms with Gasteiger partial charge in [0.15, 0.2) is 11.5 Å². The highest BCUT2D eigenvalue weighted by Crippen LogP contribution is 2.36. The molecule has 21 heavy (non-hydrogen) atoms. The number of aryl methyl sites for hydroxylation is 1. The first-order valence-corrected chi connectivity index (χ1v) is 8.89. The Kier molecular flexibility index (Phi) is 4.67. The lowest BCUT2D eigenvalue weighted by Gasteiger charge is -2.20. The monoisotopic (exact) mass is 322 g/mol. The summed E-state index contributed by atoms with van der Waals surface area (Å²) in [7, 11) is 0. The minimum atomic E-state index is 0.622. The number of nitrogens with one attached hydrogen (secondary N) is 1. The summed E-state index contributed by atoms with van der Waals surface area (Å²) in [6, 6.07) is 4.16. The number of ether oxygens (including phenoxy) is 2. The van der Waals surface area contributed by atoms with E-state index in [4.69, 9.17) is 9.47 Å². The molecule has 2 aromatic rings. The number of nitrogens with zero attached hydrogens (tertiary/aromatic N) is 1. The number of fused-ring (bicyclic) bond motifs is 1. The Balaban J connectivity index is 1.69. The van der Waals surface area contributed by atoms with Gasteiger partial charge in [-0.1, -0.05) is 0 Å². The third-order valence-electron chi connectivity index (χ3n) is 3.21. The van der Waals surface area contributed by atoms with Crippen LogP contribution >= 0.6 is 23.1 Å². The summed E-state index contributed by atoms with van der Waals surface area (Å²) >= 11 is 3.46. The van der Waals surface area contributed by atoms with E-state index in [0.29, 0.717) is 13.2 Å². The third-order valence-corrected chi connectivity index (χ3v) is 4.94. The standard InChI is InChI=1S/C15H18N2O2S2/c1-10-7-17-15(21-10)9-16-8-11-5-12-13(6-14(11)20-2)19-4-3-18-12/h5-7,16H,3-4,8-9H2,1-2H3. The highest BCUT2D eigenvalue weighted by Gasteiger charge is 2.15. The summed E-state index contributed by atoms with van der Waals surface area (Å²) in [5.41, 5.74) is 1.24. The molecular weight excluding hydrogens is 304 g/mol. The topological polar surface area (TPSA) is 43.4 Å². The molecule has 1 aliphatic heterocycles. The van der Waals surface area contributed by atoms with E-state index in [9.17, 15) is 0 Å². The van der Waals surface area contributed by atoms with Gasteiger partial charge >= 0.3 is 0 Å². The molecule has 6 heteroatoms. The van der Waals surface area contributed by atoms with Gasteiger partial charge in [0.05, 0.1) is 0 Å². The molecule has 1 aromatic heterocycles. The molecular formula is C15H18N2O2S2. The quantitative estimate of drug-likeness (QED) is 0.856. The predicted octanol–water partition coefficient (Wildman–Crippen LogP) is 3.23. The Morgan fingerprint density at radius 1 is 1.24 bits per heavy atom. The molecule has 0 spiro atoms. The lowest BCUT2D eigenvalue weighted by molar-refractivity contribution is 0.171. The van der Waals surface area contributed by atoms with Crippen molar-refractivity contribution in [3.05, 3.63) is 33.8 Å². The summed E-state index contributed by atoms with van der Waals surface area (Å²) in [6.07, 6.45) is 4.00. The van der Waals surface area contributed by atoms with Crippen LogP contribution in [0.1, 0.15) is 15.4 Å². The molecule has 1 aliphatic rings. The van der Waals surface area contributed by atoms with Gasteiger partial charge < -0.3 is 14.8 Å². The molecule has 2 heterocycles. The van der Waals surface area contributed by atoms with Gasteiger partial charge in [-0.25, -0.2) is 4.98 Å². The van der Waals surface area contributed by atoms with E-state index in [1.165, 1.54) is 15.3 Å². The second kappa shape index (κ2) is 6.68. The van der Waals surface area contributed by atoms with Crippen LogP contribution in [-0.4, -0.2) is 24.5 Å². The van der Waals surface area contributed by atoms with E-state index in [1.54, 1.807) is 23.1 Å². The van der Waals surface area contributed by atoms with Crippen molar-refractivity contribution >= 4 is 23.1 Å². The molecule has 0 fully saturated rings. The fraction of sp³-hybridized carbons (Fsp3) is 0.400. The molecule has 1 aromatic carbocycles. The Morgan fingerprint density at radius 3 is 2.67 bits per heavy atom. The average Bonchev–Trinajstić information content (AvgIpc) is 2.92. The summed E-state index contributed by atoms with van der Waals surface area (Å²) in [5.74, 6) is 1.70. The summed E-state index contributed by atoms with van der Waals surface area (Å²) in [6.45, 7) is 4.92. The molecule has 0 bridgehead atoms. The maximum atomic E-state index is 5.66. The Bertz CT molecular complexity index is 628. The van der Waals surface area contributed by atoms with Crippen LogP contribution in [0.4, 0.5) is 0 Å². The Labute approximate surface area is 132 Å². The number of aromatic nitrogens is 1. The lowest BCUT2D eigenvalue weighted by atomic mass is 10.2. The fourth-order valence-electron chi connectivity index (χ4n) is 2.23. The predicted molar refractivity (Wildman–Crippen MR) is 86.6 cm³/mol. The first-order valence-electron chi connectivity index (χ1n) is 6.85. The van der Waals surface area contributed by atoms with Crippen molar-refractivity contribution in [2.45, 2.75) is 24.9 Å². The molecule has 112 valence electrons. The smallest absolute Gasteiger partial charge is 0.162 e. The van der Waals surface area contributed by atoms with Crippen LogP contribution in [0.3, 0.4) is 0 Å². The molecule has 0 saturated heterocycles. The van der Waals surface area contributed by atoms with Gasteiger partial charge in [0, 0.05) is 29.1 Å². The molecule has 0 unspecified atom stereocenters. The molecule has 0 aliphatic carbocycles. The van der Waals surface area contributed by atoms with Gasteiger partial charge in [-0.15, -0.1) is 23.1 Å². The molecule has 3 rings (SSSR count). The van der Waals surface area contributed by atoms with Crippen LogP contribution in [0.15, 0.2) is 23.2 Å². The van der Waals surface area contributed by atoms with Crippen molar-refractivity contribution in [2.75, 3.05) is 19.5 Å². The first-order chi connectivity index (χ1) is 10.3. The molecule has 4 nitrogen and oxygen atoms in total. The van der Waals surface area contributed by atoms with Gasteiger partial charge in [0.1, 0.15) is 18.2 Å². The number of benzene rings is 1. The SMILES string of the molecule is CSc1cc2c(cc1CNCc1ncc(C)s1)OCCO2. The van der Waals surface area contributed by atoms with Crippen LogP contribution in [0, 0.1) is 6.92 Å². The zero-order valence-electron chi connectivity index (χ0n) is 12.1. The van der Waals surface area contributed by atoms with Crippen molar-refractivity contribution in [1.29, 1.82) is 0 Å². The zero-order chi connectivity index (χ0) is 14.7. The fourth-order valence-corrected chi connectivity index (χ4v) is 3.60. The van der Waals surface area contributed by atoms with Crippen molar-refractivity contribution < 1.29 is 9.47 Å². The molecule has 1 N–H and O–H groups in total. The Hall–Kier alpha value is -1.24. The van der Waals surface area contributed by atoms with Crippen molar-refractivity contribution in [2.24, 2.45) is 0 Å². The first kappa shape index (κ1) is 14.7. The van der Waals surface area contributed by atoms with Crippen LogP contribution in [0.5, 0.6) is 11.5 Å². The Morgan fingerprint density at radius 2 is 2.00 bits per heavy atom. The second-order valence-corrected chi connectivity index (χ2v) is 6.94. The van der Waals surface area contributed by atoms with Gasteiger partial charge in [-0.2, -0.15) is 0 Å². The van der Waals surface area contributed by atoms with Crippen LogP contribution in [-0.2, 0) is 13.1 Å². The van der Waals surface area contributed by atoms with Crippen LogP contribution < -0.4 is 14.8 Å². The van der Waals surface area contributed by atoms with E-state index in [-0.39, 0.29) is 0 Å². The highest BCUT2D eigenvalue weighted by molar-refractivity contribution is 7.98. The van der Waals surface area contributed by atoms with Gasteiger partial charge in [-0.05, 0) is 30.9 Å². The minimum Gasteiger partial charge on any atom is -0.486 e. The minimum absolute atomic E-state index is 0.622. The van der Waals surface area contributed by atoms with E-state index < -0.39 is 0 Å². The number of rotatable bonds is 5. The van der Waals surface area contributed by atoms with E-state index in [1.807, 2.05) is 6.20 Å². The normalized spacial score (nSPS) is 13.4. The van der Waals surface area contributed by atoms with Crippen LogP contribution in [0.2, 0.25) is 0 Å². The van der Waals surface area contributed by atoms with E-state index >= 15 is 0 Å². The van der Waals surface area contributed by atoms with Gasteiger partial charge in [0.25, 0.3) is 0 Å². The maximum absolute atomic E-state index is 5.66. The largest absolute Gasteiger partial charge is 0.486 e. The van der Waals surface area contributed by atoms with Gasteiger partial charge in [0.2, 0.25) is 0 Å². The summed E-state index contributed by atoms with van der Waals surface area (Å²) in [4.78, 5) is 6.84. The molecule has 0 radical (unpaired) electrons. The van der Waals surface area contributed by atoms with Crippen molar-refractivity contribution in [1.82, 2.24) is 10.3 Å². The molecule has 0 amide bonds.